The van der Waals surface area contributed by atoms with E-state index < -0.39 is 10.0 Å². The minimum absolute atomic E-state index is 0.0717. The fraction of sp³-hybridized carbons (Fsp3) is 0.316. The van der Waals surface area contributed by atoms with E-state index in [-0.39, 0.29) is 16.8 Å². The maximum absolute atomic E-state index is 12.5. The molecule has 0 aliphatic rings. The van der Waals surface area contributed by atoms with Gasteiger partial charge in [-0.2, -0.15) is 0 Å². The van der Waals surface area contributed by atoms with Gasteiger partial charge in [-0.3, -0.25) is 9.52 Å². The highest BCUT2D eigenvalue weighted by atomic mass is 32.2. The quantitative estimate of drug-likeness (QED) is 0.719. The zero-order valence-electron chi connectivity index (χ0n) is 15.7. The molecule has 0 saturated heterocycles. The van der Waals surface area contributed by atoms with Gasteiger partial charge in [0.1, 0.15) is 5.75 Å². The fourth-order valence-corrected chi connectivity index (χ4v) is 3.40. The molecule has 0 heterocycles. The molecule has 0 spiro atoms. The molecule has 7 nitrogen and oxygen atoms in total. The maximum atomic E-state index is 12.5. The molecule has 1 atom stereocenters. The van der Waals surface area contributed by atoms with Crippen LogP contribution in [0.25, 0.3) is 0 Å². The van der Waals surface area contributed by atoms with Gasteiger partial charge in [0.05, 0.1) is 11.5 Å². The highest BCUT2D eigenvalue weighted by Crippen LogP contribution is 2.20. The molecule has 0 saturated carbocycles. The second kappa shape index (κ2) is 8.88. The molecule has 0 aromatic heterocycles. The molecule has 0 aliphatic carbocycles. The molecule has 2 rings (SSSR count). The van der Waals surface area contributed by atoms with Gasteiger partial charge in [0.25, 0.3) is 15.9 Å². The Kier molecular flexibility index (Phi) is 6.81. The number of ether oxygens (including phenoxy) is 1. The van der Waals surface area contributed by atoms with Crippen molar-refractivity contribution in [3.05, 3.63) is 54.1 Å². The van der Waals surface area contributed by atoms with Crippen LogP contribution in [0.3, 0.4) is 0 Å². The van der Waals surface area contributed by atoms with Gasteiger partial charge in [-0.25, -0.2) is 8.42 Å². The van der Waals surface area contributed by atoms with Crippen LogP contribution >= 0.6 is 0 Å². The molecule has 146 valence electrons. The topological polar surface area (TPSA) is 102 Å². The number of hydrogen-bond acceptors (Lipinski definition) is 5. The van der Waals surface area contributed by atoms with E-state index in [1.165, 1.54) is 29.2 Å². The minimum Gasteiger partial charge on any atom is -0.494 e. The molecular weight excluding hydrogens is 366 g/mol. The van der Waals surface area contributed by atoms with Crippen LogP contribution in [0.4, 0.5) is 5.69 Å². The summed E-state index contributed by atoms with van der Waals surface area (Å²) in [7, 11) is -2.09. The summed E-state index contributed by atoms with van der Waals surface area (Å²) < 4.78 is 32.9. The molecule has 0 aliphatic heterocycles. The number of rotatable bonds is 8. The summed E-state index contributed by atoms with van der Waals surface area (Å²) in [4.78, 5) is 14.0. The lowest BCUT2D eigenvalue weighted by atomic mass is 10.2. The molecule has 1 unspecified atom stereocenters. The predicted molar refractivity (Wildman–Crippen MR) is 105 cm³/mol. The first-order chi connectivity index (χ1) is 12.8. The third-order valence-corrected chi connectivity index (χ3v) is 5.55. The average Bonchev–Trinajstić information content (AvgIpc) is 2.67. The van der Waals surface area contributed by atoms with Crippen molar-refractivity contribution in [3.63, 3.8) is 0 Å². The number of hydrogen-bond donors (Lipinski definition) is 2. The van der Waals surface area contributed by atoms with Crippen LogP contribution in [0.1, 0.15) is 24.2 Å². The minimum atomic E-state index is -3.76. The number of carbonyl (C=O) groups excluding carboxylic acids is 1. The number of likely N-dealkylation sites (N-methyl/N-ethyl adjacent to an activating group) is 1. The van der Waals surface area contributed by atoms with Gasteiger partial charge < -0.3 is 15.4 Å². The van der Waals surface area contributed by atoms with E-state index in [1.807, 2.05) is 13.8 Å². The Balaban J connectivity index is 2.13. The molecule has 0 bridgehead atoms. The summed E-state index contributed by atoms with van der Waals surface area (Å²) in [5, 5.41) is 0. The van der Waals surface area contributed by atoms with E-state index in [0.29, 0.717) is 30.2 Å². The number of nitrogens with one attached hydrogen (secondary N) is 1. The van der Waals surface area contributed by atoms with Crippen LogP contribution in [0, 0.1) is 0 Å². The molecular formula is C19H25N3O4S. The molecule has 2 aromatic carbocycles. The van der Waals surface area contributed by atoms with Gasteiger partial charge in [-0.15, -0.1) is 0 Å². The normalized spacial score (nSPS) is 12.3. The first-order valence-corrected chi connectivity index (χ1v) is 10.1. The van der Waals surface area contributed by atoms with Gasteiger partial charge in [-0.05, 0) is 62.4 Å². The fourth-order valence-electron chi connectivity index (χ4n) is 2.34. The number of anilines is 1. The predicted octanol–water partition coefficient (Wildman–Crippen LogP) is 2.31. The first-order valence-electron chi connectivity index (χ1n) is 8.61. The molecule has 27 heavy (non-hydrogen) atoms. The van der Waals surface area contributed by atoms with E-state index in [4.69, 9.17) is 10.5 Å². The molecule has 8 heteroatoms. The number of carbonyl (C=O) groups is 1. The van der Waals surface area contributed by atoms with E-state index in [0.717, 1.165) is 0 Å². The molecule has 0 radical (unpaired) electrons. The highest BCUT2D eigenvalue weighted by molar-refractivity contribution is 7.92. The Labute approximate surface area is 160 Å². The maximum Gasteiger partial charge on any atom is 0.261 e. The first kappa shape index (κ1) is 20.7. The lowest BCUT2D eigenvalue weighted by molar-refractivity contribution is 0.0748. The van der Waals surface area contributed by atoms with Crippen molar-refractivity contribution < 1.29 is 17.9 Å². The lowest BCUT2D eigenvalue weighted by Gasteiger charge is -2.23. The van der Waals surface area contributed by atoms with Crippen molar-refractivity contribution in [1.29, 1.82) is 0 Å². The van der Waals surface area contributed by atoms with Crippen LogP contribution in [-0.4, -0.2) is 45.5 Å². The summed E-state index contributed by atoms with van der Waals surface area (Å²) in [5.74, 6) is 0.454. The van der Waals surface area contributed by atoms with Crippen molar-refractivity contribution in [2.45, 2.75) is 24.8 Å². The van der Waals surface area contributed by atoms with Gasteiger partial charge in [0.15, 0.2) is 0 Å². The smallest absolute Gasteiger partial charge is 0.261 e. The van der Waals surface area contributed by atoms with Gasteiger partial charge in [0, 0.05) is 30.9 Å². The standard InChI is InChI=1S/C19H25N3O4S/c1-4-26-17-9-7-16(8-10-17)21-27(24,25)18-11-5-15(6-12-18)19(23)22(3)14(2)13-20/h5-12,14,21H,4,13,20H2,1-3H3. The SMILES string of the molecule is CCOc1ccc(NS(=O)(=O)c2ccc(C(=O)N(C)C(C)CN)cc2)cc1. The zero-order valence-corrected chi connectivity index (χ0v) is 16.5. The Morgan fingerprint density at radius 3 is 2.26 bits per heavy atom. The summed E-state index contributed by atoms with van der Waals surface area (Å²) in [6.07, 6.45) is 0. The van der Waals surface area contributed by atoms with E-state index in [1.54, 1.807) is 31.3 Å². The van der Waals surface area contributed by atoms with Crippen molar-refractivity contribution >= 4 is 21.6 Å². The Hall–Kier alpha value is -2.58. The third kappa shape index (κ3) is 5.21. The van der Waals surface area contributed by atoms with Crippen LogP contribution in [0.2, 0.25) is 0 Å². The molecule has 0 fully saturated rings. The summed E-state index contributed by atoms with van der Waals surface area (Å²) in [6.45, 7) is 4.60. The highest BCUT2D eigenvalue weighted by Gasteiger charge is 2.19. The van der Waals surface area contributed by atoms with Crippen LogP contribution in [0.15, 0.2) is 53.4 Å². The average molecular weight is 391 g/mol. The summed E-state index contributed by atoms with van der Waals surface area (Å²) in [6, 6.07) is 12.3. The molecule has 3 N–H and O–H groups in total. The second-order valence-electron chi connectivity index (χ2n) is 6.09. The number of amides is 1. The molecule has 2 aromatic rings. The van der Waals surface area contributed by atoms with E-state index in [2.05, 4.69) is 4.72 Å². The summed E-state index contributed by atoms with van der Waals surface area (Å²) in [5.41, 5.74) is 6.41. The van der Waals surface area contributed by atoms with Crippen molar-refractivity contribution in [2.24, 2.45) is 5.73 Å². The van der Waals surface area contributed by atoms with Gasteiger partial charge >= 0.3 is 0 Å². The van der Waals surface area contributed by atoms with Crippen molar-refractivity contribution in [3.8, 4) is 5.75 Å². The van der Waals surface area contributed by atoms with Crippen molar-refractivity contribution in [1.82, 2.24) is 4.90 Å². The zero-order chi connectivity index (χ0) is 20.0. The Bertz CT molecular complexity index is 865. The van der Waals surface area contributed by atoms with E-state index >= 15 is 0 Å². The summed E-state index contributed by atoms with van der Waals surface area (Å²) >= 11 is 0. The van der Waals surface area contributed by atoms with Crippen LogP contribution in [0.5, 0.6) is 5.75 Å². The van der Waals surface area contributed by atoms with Crippen LogP contribution in [-0.2, 0) is 10.0 Å². The Morgan fingerprint density at radius 2 is 1.74 bits per heavy atom. The number of benzene rings is 2. The monoisotopic (exact) mass is 391 g/mol. The number of nitrogens with two attached hydrogens (primary N) is 1. The number of sulfonamides is 1. The van der Waals surface area contributed by atoms with Crippen molar-refractivity contribution in [2.75, 3.05) is 24.9 Å². The third-order valence-electron chi connectivity index (χ3n) is 4.15. The largest absolute Gasteiger partial charge is 0.494 e. The van der Waals surface area contributed by atoms with Gasteiger partial charge in [0.2, 0.25) is 0 Å². The second-order valence-corrected chi connectivity index (χ2v) is 7.77. The lowest BCUT2D eigenvalue weighted by Crippen LogP contribution is -2.39. The Morgan fingerprint density at radius 1 is 1.15 bits per heavy atom. The van der Waals surface area contributed by atoms with Gasteiger partial charge in [-0.1, -0.05) is 0 Å². The number of nitrogens with zero attached hydrogens (tertiary/aromatic N) is 1. The van der Waals surface area contributed by atoms with Crippen LogP contribution < -0.4 is 15.2 Å². The van der Waals surface area contributed by atoms with E-state index in [9.17, 15) is 13.2 Å². The molecule has 1 amide bonds.